The van der Waals surface area contributed by atoms with Crippen LogP contribution in [0.15, 0.2) is 41.5 Å². The molecule has 2 aliphatic rings. The summed E-state index contributed by atoms with van der Waals surface area (Å²) >= 11 is 1.61. The predicted octanol–water partition coefficient (Wildman–Crippen LogP) is 4.12. The highest BCUT2D eigenvalue weighted by Gasteiger charge is 2.46. The van der Waals surface area contributed by atoms with E-state index in [9.17, 15) is 4.39 Å². The smallest absolute Gasteiger partial charge is 0.220 e. The molecule has 2 aromatic rings. The summed E-state index contributed by atoms with van der Waals surface area (Å²) in [6.07, 6.45) is 3.43. The van der Waals surface area contributed by atoms with Gasteiger partial charge >= 0.3 is 0 Å². The van der Waals surface area contributed by atoms with Crippen LogP contribution in [-0.2, 0) is 12.0 Å². The zero-order chi connectivity index (χ0) is 16.9. The lowest BCUT2D eigenvalue weighted by molar-refractivity contribution is 0.229. The number of fused-ring (bicyclic) bond motifs is 2. The van der Waals surface area contributed by atoms with Gasteiger partial charge in [-0.25, -0.2) is 4.98 Å². The van der Waals surface area contributed by atoms with Gasteiger partial charge in [0.05, 0.1) is 5.54 Å². The van der Waals surface area contributed by atoms with Crippen LogP contribution in [0.25, 0.3) is 11.1 Å². The molecule has 1 unspecified atom stereocenters. The Kier molecular flexibility index (Phi) is 3.46. The largest absolute Gasteiger partial charge is 0.379 e. The molecular formula is C19H20FN3S. The lowest BCUT2D eigenvalue weighted by Gasteiger charge is -2.42. The molecule has 1 spiro atoms. The summed E-state index contributed by atoms with van der Waals surface area (Å²) in [5.74, 6) is 0.417. The van der Waals surface area contributed by atoms with Gasteiger partial charge in [-0.1, -0.05) is 37.7 Å². The zero-order valence-corrected chi connectivity index (χ0v) is 14.7. The van der Waals surface area contributed by atoms with Crippen LogP contribution in [0.1, 0.15) is 31.4 Å². The Labute approximate surface area is 145 Å². The van der Waals surface area contributed by atoms with E-state index in [1.807, 2.05) is 6.07 Å². The molecule has 0 radical (unpaired) electrons. The minimum Gasteiger partial charge on any atom is -0.379 e. The third kappa shape index (κ3) is 2.51. The highest BCUT2D eigenvalue weighted by molar-refractivity contribution is 8.14. The summed E-state index contributed by atoms with van der Waals surface area (Å²) in [7, 11) is 0. The van der Waals surface area contributed by atoms with Crippen LogP contribution < -0.4 is 5.73 Å². The van der Waals surface area contributed by atoms with Gasteiger partial charge < -0.3 is 5.73 Å². The van der Waals surface area contributed by atoms with Gasteiger partial charge in [-0.05, 0) is 53.1 Å². The van der Waals surface area contributed by atoms with Crippen molar-refractivity contribution in [3.63, 3.8) is 0 Å². The van der Waals surface area contributed by atoms with E-state index in [0.717, 1.165) is 24.2 Å². The number of halogens is 1. The first kappa shape index (κ1) is 15.6. The van der Waals surface area contributed by atoms with Crippen molar-refractivity contribution >= 4 is 16.9 Å². The Morgan fingerprint density at radius 1 is 1.25 bits per heavy atom. The summed E-state index contributed by atoms with van der Waals surface area (Å²) in [5.41, 5.74) is 9.74. The number of nitrogens with zero attached hydrogens (tertiary/aromatic N) is 2. The van der Waals surface area contributed by atoms with Gasteiger partial charge in [-0.3, -0.25) is 4.99 Å². The van der Waals surface area contributed by atoms with E-state index in [1.54, 1.807) is 23.9 Å². The Morgan fingerprint density at radius 2 is 2.08 bits per heavy atom. The molecule has 0 saturated heterocycles. The highest BCUT2D eigenvalue weighted by atomic mass is 32.2. The van der Waals surface area contributed by atoms with Crippen LogP contribution in [0.4, 0.5) is 4.39 Å². The molecule has 1 aliphatic carbocycles. The standard InChI is InChI=1S/C19H20FN3S/c1-18(2)9-13-6-5-12(14-4-3-7-22-16(14)20)8-15(13)19(10-18)11-24-17(21)23-19/h3-8H,9-11H2,1-2H3,(H2,21,23). The predicted molar refractivity (Wildman–Crippen MR) is 97.5 cm³/mol. The van der Waals surface area contributed by atoms with Gasteiger partial charge in [0.25, 0.3) is 0 Å². The van der Waals surface area contributed by atoms with E-state index in [0.29, 0.717) is 10.7 Å². The lowest BCUT2D eigenvalue weighted by atomic mass is 9.65. The van der Waals surface area contributed by atoms with Crippen LogP contribution in [0.2, 0.25) is 0 Å². The first-order valence-electron chi connectivity index (χ1n) is 8.11. The second kappa shape index (κ2) is 5.31. The molecule has 0 bridgehead atoms. The molecule has 24 heavy (non-hydrogen) atoms. The van der Waals surface area contributed by atoms with Crippen molar-refractivity contribution < 1.29 is 4.39 Å². The molecule has 0 saturated carbocycles. The third-order valence-electron chi connectivity index (χ3n) is 4.90. The monoisotopic (exact) mass is 341 g/mol. The number of hydrogen-bond acceptors (Lipinski definition) is 4. The van der Waals surface area contributed by atoms with Crippen LogP contribution in [0, 0.1) is 11.4 Å². The molecule has 0 amide bonds. The molecule has 4 rings (SSSR count). The molecule has 2 heterocycles. The van der Waals surface area contributed by atoms with Gasteiger partial charge in [0.2, 0.25) is 5.95 Å². The summed E-state index contributed by atoms with van der Waals surface area (Å²) in [6.45, 7) is 4.56. The number of thioether (sulfide) groups is 1. The van der Waals surface area contributed by atoms with Crippen molar-refractivity contribution in [3.05, 3.63) is 53.6 Å². The maximum absolute atomic E-state index is 14.1. The van der Waals surface area contributed by atoms with E-state index in [-0.39, 0.29) is 11.0 Å². The number of amidine groups is 1. The number of pyridine rings is 1. The van der Waals surface area contributed by atoms with Gasteiger partial charge in [0.15, 0.2) is 5.17 Å². The maximum Gasteiger partial charge on any atom is 0.220 e. The molecule has 1 aromatic heterocycles. The van der Waals surface area contributed by atoms with Gasteiger partial charge in [0, 0.05) is 17.5 Å². The third-order valence-corrected chi connectivity index (χ3v) is 5.91. The molecule has 1 aromatic carbocycles. The normalized spacial score (nSPS) is 24.7. The van der Waals surface area contributed by atoms with E-state index in [2.05, 4.69) is 31.0 Å². The first-order valence-corrected chi connectivity index (χ1v) is 9.10. The van der Waals surface area contributed by atoms with Crippen molar-refractivity contribution in [3.8, 4) is 11.1 Å². The van der Waals surface area contributed by atoms with Crippen LogP contribution >= 0.6 is 11.8 Å². The fourth-order valence-corrected chi connectivity index (χ4v) is 5.04. The van der Waals surface area contributed by atoms with Crippen molar-refractivity contribution in [2.24, 2.45) is 16.1 Å². The van der Waals surface area contributed by atoms with Gasteiger partial charge in [0.1, 0.15) is 0 Å². The van der Waals surface area contributed by atoms with Crippen LogP contribution in [0.5, 0.6) is 0 Å². The van der Waals surface area contributed by atoms with Crippen molar-refractivity contribution in [1.29, 1.82) is 0 Å². The Balaban J connectivity index is 1.89. The quantitative estimate of drug-likeness (QED) is 0.794. The average molecular weight is 341 g/mol. The number of nitrogens with two attached hydrogens (primary N) is 1. The average Bonchev–Trinajstić information content (AvgIpc) is 2.88. The Bertz CT molecular complexity index is 846. The molecule has 2 N–H and O–H groups in total. The van der Waals surface area contributed by atoms with E-state index >= 15 is 0 Å². The van der Waals surface area contributed by atoms with E-state index < -0.39 is 5.95 Å². The summed E-state index contributed by atoms with van der Waals surface area (Å²) in [5, 5.41) is 0.650. The number of rotatable bonds is 1. The number of benzene rings is 1. The molecule has 3 nitrogen and oxygen atoms in total. The first-order chi connectivity index (χ1) is 11.4. The molecule has 124 valence electrons. The zero-order valence-electron chi connectivity index (χ0n) is 13.8. The fraction of sp³-hybridized carbons (Fsp3) is 0.368. The fourth-order valence-electron chi connectivity index (χ4n) is 4.10. The van der Waals surface area contributed by atoms with E-state index in [4.69, 9.17) is 10.7 Å². The number of hydrogen-bond donors (Lipinski definition) is 1. The topological polar surface area (TPSA) is 51.3 Å². The molecule has 1 aliphatic heterocycles. The Hall–Kier alpha value is -1.88. The minimum atomic E-state index is -0.438. The molecule has 0 fully saturated rings. The minimum absolute atomic E-state index is 0.169. The van der Waals surface area contributed by atoms with E-state index in [1.165, 1.54) is 17.3 Å². The highest BCUT2D eigenvalue weighted by Crippen LogP contribution is 2.51. The van der Waals surface area contributed by atoms with Crippen LogP contribution in [0.3, 0.4) is 0 Å². The lowest BCUT2D eigenvalue weighted by Crippen LogP contribution is -2.38. The van der Waals surface area contributed by atoms with Crippen molar-refractivity contribution in [1.82, 2.24) is 4.98 Å². The second-order valence-electron chi connectivity index (χ2n) is 7.50. The van der Waals surface area contributed by atoms with Gasteiger partial charge in [-0.15, -0.1) is 0 Å². The Morgan fingerprint density at radius 3 is 2.79 bits per heavy atom. The van der Waals surface area contributed by atoms with Crippen molar-refractivity contribution in [2.45, 2.75) is 32.2 Å². The molecule has 1 atom stereocenters. The number of aromatic nitrogens is 1. The SMILES string of the molecule is CC1(C)Cc2ccc(-c3cccnc3F)cc2C2(CSC(N)=N2)C1. The molecular weight excluding hydrogens is 321 g/mol. The van der Waals surface area contributed by atoms with Crippen molar-refractivity contribution in [2.75, 3.05) is 5.75 Å². The number of aliphatic imine (C=N–C) groups is 1. The van der Waals surface area contributed by atoms with Gasteiger partial charge in [-0.2, -0.15) is 4.39 Å². The maximum atomic E-state index is 14.1. The second-order valence-corrected chi connectivity index (χ2v) is 8.50. The summed E-state index contributed by atoms with van der Waals surface area (Å²) < 4.78 is 14.1. The summed E-state index contributed by atoms with van der Waals surface area (Å²) in [6, 6.07) is 9.73. The van der Waals surface area contributed by atoms with Crippen LogP contribution in [-0.4, -0.2) is 15.9 Å². The summed E-state index contributed by atoms with van der Waals surface area (Å²) in [4.78, 5) is 8.60. The molecule has 5 heteroatoms.